The standard InChI is InChI=1S/C13H17ClN2O2/c1-2-13(6-3-7-13)15-9-10-8-11(14)4-5-12(10)16(17)18/h4-5,8,15H,2-3,6-7,9H2,1H3. The van der Waals surface area contributed by atoms with Crippen LogP contribution in [0.25, 0.3) is 0 Å². The summed E-state index contributed by atoms with van der Waals surface area (Å²) in [5.74, 6) is 0. The highest BCUT2D eigenvalue weighted by Crippen LogP contribution is 2.35. The molecular formula is C13H17ClN2O2. The normalized spacial score (nSPS) is 17.2. The fourth-order valence-electron chi connectivity index (χ4n) is 2.42. The second-order valence-electron chi connectivity index (χ2n) is 4.87. The van der Waals surface area contributed by atoms with Crippen molar-refractivity contribution in [2.75, 3.05) is 0 Å². The second-order valence-corrected chi connectivity index (χ2v) is 5.31. The smallest absolute Gasteiger partial charge is 0.273 e. The molecule has 0 bridgehead atoms. The molecule has 0 unspecified atom stereocenters. The molecule has 98 valence electrons. The average Bonchev–Trinajstić information content (AvgIpc) is 2.28. The van der Waals surface area contributed by atoms with Crippen LogP contribution < -0.4 is 5.32 Å². The molecule has 1 aromatic carbocycles. The van der Waals surface area contributed by atoms with Crippen molar-refractivity contribution in [3.8, 4) is 0 Å². The maximum atomic E-state index is 10.9. The van der Waals surface area contributed by atoms with Crippen molar-refractivity contribution in [2.45, 2.75) is 44.7 Å². The molecule has 1 N–H and O–H groups in total. The van der Waals surface area contributed by atoms with Gasteiger partial charge in [0.15, 0.2) is 0 Å². The fraction of sp³-hybridized carbons (Fsp3) is 0.538. The minimum Gasteiger partial charge on any atom is -0.307 e. The van der Waals surface area contributed by atoms with Crippen molar-refractivity contribution in [1.82, 2.24) is 5.32 Å². The first-order valence-corrected chi connectivity index (χ1v) is 6.62. The van der Waals surface area contributed by atoms with Crippen molar-refractivity contribution < 1.29 is 4.92 Å². The SMILES string of the molecule is CCC1(NCc2cc(Cl)ccc2[N+](=O)[O-])CCC1. The van der Waals surface area contributed by atoms with Gasteiger partial charge in [0.2, 0.25) is 0 Å². The van der Waals surface area contributed by atoms with Gasteiger partial charge in [-0.25, -0.2) is 0 Å². The van der Waals surface area contributed by atoms with E-state index in [2.05, 4.69) is 12.2 Å². The quantitative estimate of drug-likeness (QED) is 0.655. The molecule has 0 radical (unpaired) electrons. The molecule has 0 saturated heterocycles. The van der Waals surface area contributed by atoms with Gasteiger partial charge in [0.05, 0.1) is 4.92 Å². The van der Waals surface area contributed by atoms with E-state index >= 15 is 0 Å². The molecular weight excluding hydrogens is 252 g/mol. The Labute approximate surface area is 111 Å². The van der Waals surface area contributed by atoms with E-state index < -0.39 is 0 Å². The van der Waals surface area contributed by atoms with Crippen LogP contribution in [0, 0.1) is 10.1 Å². The summed E-state index contributed by atoms with van der Waals surface area (Å²) in [5.41, 5.74) is 0.973. The summed E-state index contributed by atoms with van der Waals surface area (Å²) in [4.78, 5) is 10.6. The fourth-order valence-corrected chi connectivity index (χ4v) is 2.61. The number of nitro groups is 1. The van der Waals surface area contributed by atoms with E-state index in [4.69, 9.17) is 11.6 Å². The first-order valence-electron chi connectivity index (χ1n) is 6.24. The summed E-state index contributed by atoms with van der Waals surface area (Å²) in [5, 5.41) is 14.9. The molecule has 0 aromatic heterocycles. The summed E-state index contributed by atoms with van der Waals surface area (Å²) >= 11 is 5.90. The molecule has 4 nitrogen and oxygen atoms in total. The van der Waals surface area contributed by atoms with Crippen LogP contribution >= 0.6 is 11.6 Å². The zero-order valence-electron chi connectivity index (χ0n) is 10.4. The maximum absolute atomic E-state index is 10.9. The predicted octanol–water partition coefficient (Wildman–Crippen LogP) is 3.67. The predicted molar refractivity (Wildman–Crippen MR) is 71.8 cm³/mol. The topological polar surface area (TPSA) is 55.2 Å². The van der Waals surface area contributed by atoms with E-state index in [1.807, 2.05) is 0 Å². The number of rotatable bonds is 5. The third-order valence-electron chi connectivity index (χ3n) is 3.88. The molecule has 1 aliphatic rings. The van der Waals surface area contributed by atoms with Crippen LogP contribution in [0.4, 0.5) is 5.69 Å². The van der Waals surface area contributed by atoms with Crippen molar-refractivity contribution in [3.05, 3.63) is 38.9 Å². The first kappa shape index (κ1) is 13.3. The Morgan fingerprint density at radius 1 is 1.50 bits per heavy atom. The number of nitrogens with one attached hydrogen (secondary N) is 1. The van der Waals surface area contributed by atoms with E-state index in [1.54, 1.807) is 12.1 Å². The van der Waals surface area contributed by atoms with E-state index in [0.29, 0.717) is 17.1 Å². The molecule has 0 aliphatic heterocycles. The van der Waals surface area contributed by atoms with Gasteiger partial charge < -0.3 is 5.32 Å². The highest BCUT2D eigenvalue weighted by atomic mass is 35.5. The number of hydrogen-bond donors (Lipinski definition) is 1. The van der Waals surface area contributed by atoms with Crippen molar-refractivity contribution >= 4 is 17.3 Å². The molecule has 0 amide bonds. The molecule has 1 fully saturated rings. The highest BCUT2D eigenvalue weighted by Gasteiger charge is 2.34. The van der Waals surface area contributed by atoms with Crippen molar-refractivity contribution in [2.24, 2.45) is 0 Å². The van der Waals surface area contributed by atoms with Gasteiger partial charge in [-0.15, -0.1) is 0 Å². The van der Waals surface area contributed by atoms with Crippen LogP contribution in [-0.2, 0) is 6.54 Å². The van der Waals surface area contributed by atoms with Gasteiger partial charge in [-0.3, -0.25) is 10.1 Å². The molecule has 2 rings (SSSR count). The Morgan fingerprint density at radius 3 is 2.72 bits per heavy atom. The molecule has 5 heteroatoms. The van der Waals surface area contributed by atoms with E-state index in [-0.39, 0.29) is 16.1 Å². The second kappa shape index (κ2) is 5.24. The summed E-state index contributed by atoms with van der Waals surface area (Å²) < 4.78 is 0. The lowest BCUT2D eigenvalue weighted by Crippen LogP contribution is -2.49. The van der Waals surface area contributed by atoms with Crippen LogP contribution in [0.1, 0.15) is 38.2 Å². The molecule has 1 aromatic rings. The Morgan fingerprint density at radius 2 is 2.22 bits per heavy atom. The molecule has 1 aliphatic carbocycles. The van der Waals surface area contributed by atoms with Crippen molar-refractivity contribution in [1.29, 1.82) is 0 Å². The summed E-state index contributed by atoms with van der Waals surface area (Å²) in [6.07, 6.45) is 4.59. The minimum atomic E-state index is -0.354. The van der Waals surface area contributed by atoms with Gasteiger partial charge in [-0.2, -0.15) is 0 Å². The van der Waals surface area contributed by atoms with Crippen molar-refractivity contribution in [3.63, 3.8) is 0 Å². The summed E-state index contributed by atoms with van der Waals surface area (Å²) in [6.45, 7) is 2.66. The highest BCUT2D eigenvalue weighted by molar-refractivity contribution is 6.30. The van der Waals surface area contributed by atoms with Gasteiger partial charge in [0.1, 0.15) is 0 Å². The molecule has 1 saturated carbocycles. The third-order valence-corrected chi connectivity index (χ3v) is 4.11. The third kappa shape index (κ3) is 2.65. The Bertz CT molecular complexity index is 453. The van der Waals surface area contributed by atoms with Crippen LogP contribution in [0.2, 0.25) is 5.02 Å². The molecule has 0 atom stereocenters. The lowest BCUT2D eigenvalue weighted by Gasteiger charge is -2.42. The molecule has 0 heterocycles. The summed E-state index contributed by atoms with van der Waals surface area (Å²) in [7, 11) is 0. The number of nitro benzene ring substituents is 1. The largest absolute Gasteiger partial charge is 0.307 e. The number of benzene rings is 1. The van der Waals surface area contributed by atoms with Gasteiger partial charge in [-0.1, -0.05) is 18.5 Å². The van der Waals surface area contributed by atoms with Gasteiger partial charge >= 0.3 is 0 Å². The monoisotopic (exact) mass is 268 g/mol. The molecule has 0 spiro atoms. The van der Waals surface area contributed by atoms with Crippen LogP contribution in [0.3, 0.4) is 0 Å². The Balaban J connectivity index is 2.12. The van der Waals surface area contributed by atoms with E-state index in [9.17, 15) is 10.1 Å². The van der Waals surface area contributed by atoms with Gasteiger partial charge in [-0.05, 0) is 37.8 Å². The minimum absolute atomic E-state index is 0.137. The number of halogens is 1. The Hall–Kier alpha value is -1.13. The van der Waals surface area contributed by atoms with Crippen LogP contribution in [0.5, 0.6) is 0 Å². The number of nitrogens with zero attached hydrogens (tertiary/aromatic N) is 1. The molecule has 18 heavy (non-hydrogen) atoms. The maximum Gasteiger partial charge on any atom is 0.273 e. The lowest BCUT2D eigenvalue weighted by atomic mass is 9.75. The Kier molecular flexibility index (Phi) is 3.88. The van der Waals surface area contributed by atoms with Crippen LogP contribution in [0.15, 0.2) is 18.2 Å². The first-order chi connectivity index (χ1) is 8.56. The van der Waals surface area contributed by atoms with Crippen LogP contribution in [-0.4, -0.2) is 10.5 Å². The lowest BCUT2D eigenvalue weighted by molar-refractivity contribution is -0.385. The van der Waals surface area contributed by atoms with Gasteiger partial charge in [0, 0.05) is 28.7 Å². The van der Waals surface area contributed by atoms with E-state index in [0.717, 1.165) is 19.3 Å². The number of hydrogen-bond acceptors (Lipinski definition) is 3. The average molecular weight is 269 g/mol. The van der Waals surface area contributed by atoms with E-state index in [1.165, 1.54) is 12.5 Å². The summed E-state index contributed by atoms with van der Waals surface area (Å²) in [6, 6.07) is 4.70. The zero-order chi connectivity index (χ0) is 13.2. The van der Waals surface area contributed by atoms with Gasteiger partial charge in [0.25, 0.3) is 5.69 Å². The zero-order valence-corrected chi connectivity index (χ0v) is 11.2.